The normalized spacial score (nSPS) is 21.1. The molecule has 1 N–H and O–H groups in total. The summed E-state index contributed by atoms with van der Waals surface area (Å²) in [5.41, 5.74) is 2.83. The Bertz CT molecular complexity index is 647. The number of rotatable bonds is 4. The lowest BCUT2D eigenvalue weighted by Gasteiger charge is -2.30. The molecule has 1 aliphatic heterocycles. The number of hydrogen-bond donors (Lipinski definition) is 1. The minimum Gasteiger partial charge on any atom is -0.373 e. The molecule has 2 unspecified atom stereocenters. The lowest BCUT2D eigenvalue weighted by molar-refractivity contribution is -0.122. The number of aromatic nitrogens is 1. The maximum atomic E-state index is 12.3. The van der Waals surface area contributed by atoms with E-state index in [1.165, 1.54) is 0 Å². The first kappa shape index (κ1) is 15.7. The highest BCUT2D eigenvalue weighted by atomic mass is 16.5. The second kappa shape index (κ2) is 6.96. The number of ether oxygens (including phenoxy) is 1. The zero-order chi connectivity index (χ0) is 16.2. The molecule has 2 atom stereocenters. The monoisotopic (exact) mass is 314 g/mol. The van der Waals surface area contributed by atoms with Crippen molar-refractivity contribution in [3.05, 3.63) is 52.9 Å². The van der Waals surface area contributed by atoms with Crippen LogP contribution in [0.4, 0.5) is 0 Å². The summed E-state index contributed by atoms with van der Waals surface area (Å²) in [6.45, 7) is 4.36. The van der Waals surface area contributed by atoms with Crippen molar-refractivity contribution in [2.75, 3.05) is 6.61 Å². The summed E-state index contributed by atoms with van der Waals surface area (Å²) < 4.78 is 11.0. The van der Waals surface area contributed by atoms with E-state index in [1.54, 1.807) is 0 Å². The molecule has 0 aliphatic carbocycles. The number of carbonyl (C=O) groups excluding carboxylic acids is 1. The lowest BCUT2D eigenvalue weighted by atomic mass is 9.97. The highest BCUT2D eigenvalue weighted by Crippen LogP contribution is 2.28. The molecule has 1 fully saturated rings. The van der Waals surface area contributed by atoms with Crippen LogP contribution in [0.3, 0.4) is 0 Å². The Morgan fingerprint density at radius 1 is 1.30 bits per heavy atom. The van der Waals surface area contributed by atoms with E-state index < -0.39 is 0 Å². The van der Waals surface area contributed by atoms with E-state index in [-0.39, 0.29) is 18.1 Å². The van der Waals surface area contributed by atoms with Crippen LogP contribution < -0.4 is 5.32 Å². The van der Waals surface area contributed by atoms with Gasteiger partial charge in [0.2, 0.25) is 5.91 Å². The minimum absolute atomic E-state index is 0.0121. The van der Waals surface area contributed by atoms with Gasteiger partial charge in [-0.05, 0) is 32.3 Å². The van der Waals surface area contributed by atoms with Crippen LogP contribution in [0.15, 0.2) is 34.9 Å². The van der Waals surface area contributed by atoms with Crippen molar-refractivity contribution in [3.63, 3.8) is 0 Å². The van der Waals surface area contributed by atoms with Crippen LogP contribution in [-0.4, -0.2) is 23.7 Å². The summed E-state index contributed by atoms with van der Waals surface area (Å²) in [6, 6.07) is 10.3. The SMILES string of the molecule is Cc1noc(C)c1CC(=O)NC1CCOC(c2ccccc2)C1. The third-order valence-electron chi connectivity index (χ3n) is 4.34. The van der Waals surface area contributed by atoms with E-state index >= 15 is 0 Å². The molecule has 1 aliphatic rings. The number of aryl methyl sites for hydroxylation is 2. The van der Waals surface area contributed by atoms with Gasteiger partial charge in [-0.25, -0.2) is 0 Å². The molecule has 1 saturated heterocycles. The van der Waals surface area contributed by atoms with E-state index in [1.807, 2.05) is 32.0 Å². The molecule has 122 valence electrons. The van der Waals surface area contributed by atoms with Crippen molar-refractivity contribution in [2.24, 2.45) is 0 Å². The molecule has 5 nitrogen and oxygen atoms in total. The summed E-state index contributed by atoms with van der Waals surface area (Å²) in [5, 5.41) is 7.02. The molecule has 0 spiro atoms. The van der Waals surface area contributed by atoms with Gasteiger partial charge >= 0.3 is 0 Å². The Morgan fingerprint density at radius 3 is 2.78 bits per heavy atom. The van der Waals surface area contributed by atoms with Gasteiger partial charge in [-0.15, -0.1) is 0 Å². The molecule has 5 heteroatoms. The van der Waals surface area contributed by atoms with Crippen molar-refractivity contribution in [1.82, 2.24) is 10.5 Å². The predicted octanol–water partition coefficient (Wildman–Crippen LogP) is 2.87. The second-order valence-electron chi connectivity index (χ2n) is 6.04. The molecule has 0 saturated carbocycles. The fraction of sp³-hybridized carbons (Fsp3) is 0.444. The molecule has 2 aromatic rings. The van der Waals surface area contributed by atoms with Gasteiger partial charge in [-0.1, -0.05) is 35.5 Å². The molecule has 0 bridgehead atoms. The maximum Gasteiger partial charge on any atom is 0.224 e. The molecule has 3 rings (SSSR count). The standard InChI is InChI=1S/C18H22N2O3/c1-12-16(13(2)23-20-12)11-18(21)19-15-8-9-22-17(10-15)14-6-4-3-5-7-14/h3-7,15,17H,8-11H2,1-2H3,(H,19,21). The molecule has 2 heterocycles. The quantitative estimate of drug-likeness (QED) is 0.942. The largest absolute Gasteiger partial charge is 0.373 e. The topological polar surface area (TPSA) is 64.4 Å². The van der Waals surface area contributed by atoms with Crippen LogP contribution in [0.1, 0.15) is 41.5 Å². The molecule has 0 radical (unpaired) electrons. The van der Waals surface area contributed by atoms with E-state index in [0.717, 1.165) is 29.7 Å². The Hall–Kier alpha value is -2.14. The summed E-state index contributed by atoms with van der Waals surface area (Å²) in [7, 11) is 0. The van der Waals surface area contributed by atoms with E-state index in [2.05, 4.69) is 22.6 Å². The van der Waals surface area contributed by atoms with E-state index in [0.29, 0.717) is 18.8 Å². The first-order valence-corrected chi connectivity index (χ1v) is 8.01. The van der Waals surface area contributed by atoms with Gasteiger partial charge < -0.3 is 14.6 Å². The van der Waals surface area contributed by atoms with Crippen molar-refractivity contribution < 1.29 is 14.1 Å². The highest BCUT2D eigenvalue weighted by molar-refractivity contribution is 5.79. The number of hydrogen-bond acceptors (Lipinski definition) is 4. The Balaban J connectivity index is 1.58. The summed E-state index contributed by atoms with van der Waals surface area (Å²) in [5.74, 6) is 0.727. The predicted molar refractivity (Wildman–Crippen MR) is 86.0 cm³/mol. The Morgan fingerprint density at radius 2 is 2.09 bits per heavy atom. The van der Waals surface area contributed by atoms with Gasteiger partial charge in [0.1, 0.15) is 5.76 Å². The van der Waals surface area contributed by atoms with Gasteiger partial charge in [0.15, 0.2) is 0 Å². The van der Waals surface area contributed by atoms with Gasteiger partial charge in [0, 0.05) is 18.2 Å². The number of nitrogens with zero attached hydrogens (tertiary/aromatic N) is 1. The molecule has 23 heavy (non-hydrogen) atoms. The molecular weight excluding hydrogens is 292 g/mol. The van der Waals surface area contributed by atoms with Crippen molar-refractivity contribution in [1.29, 1.82) is 0 Å². The highest BCUT2D eigenvalue weighted by Gasteiger charge is 2.25. The van der Waals surface area contributed by atoms with Gasteiger partial charge in [0.05, 0.1) is 18.2 Å². The second-order valence-corrected chi connectivity index (χ2v) is 6.04. The summed E-state index contributed by atoms with van der Waals surface area (Å²) in [4.78, 5) is 12.3. The van der Waals surface area contributed by atoms with Gasteiger partial charge in [0.25, 0.3) is 0 Å². The number of benzene rings is 1. The maximum absolute atomic E-state index is 12.3. The fourth-order valence-corrected chi connectivity index (χ4v) is 3.02. The van der Waals surface area contributed by atoms with Crippen LogP contribution in [-0.2, 0) is 16.0 Å². The fourth-order valence-electron chi connectivity index (χ4n) is 3.02. The van der Waals surface area contributed by atoms with Crippen LogP contribution in [0.5, 0.6) is 0 Å². The molecule has 1 aromatic carbocycles. The molecule has 1 amide bonds. The summed E-state index contributed by atoms with van der Waals surface area (Å²) >= 11 is 0. The zero-order valence-corrected chi connectivity index (χ0v) is 13.5. The average molecular weight is 314 g/mol. The number of carbonyl (C=O) groups is 1. The lowest BCUT2D eigenvalue weighted by Crippen LogP contribution is -2.40. The first-order chi connectivity index (χ1) is 11.1. The van der Waals surface area contributed by atoms with Crippen LogP contribution in [0.25, 0.3) is 0 Å². The first-order valence-electron chi connectivity index (χ1n) is 8.01. The van der Waals surface area contributed by atoms with Crippen molar-refractivity contribution in [3.8, 4) is 0 Å². The van der Waals surface area contributed by atoms with Gasteiger partial charge in [-0.3, -0.25) is 4.79 Å². The van der Waals surface area contributed by atoms with Crippen LogP contribution in [0, 0.1) is 13.8 Å². The van der Waals surface area contributed by atoms with Crippen LogP contribution >= 0.6 is 0 Å². The molecule has 1 aromatic heterocycles. The Kier molecular flexibility index (Phi) is 4.76. The van der Waals surface area contributed by atoms with Crippen molar-refractivity contribution >= 4 is 5.91 Å². The minimum atomic E-state index is 0.0121. The number of amides is 1. The van der Waals surface area contributed by atoms with Crippen LogP contribution in [0.2, 0.25) is 0 Å². The third kappa shape index (κ3) is 3.79. The smallest absolute Gasteiger partial charge is 0.224 e. The van der Waals surface area contributed by atoms with Crippen molar-refractivity contribution in [2.45, 2.75) is 45.3 Å². The zero-order valence-electron chi connectivity index (χ0n) is 13.5. The van der Waals surface area contributed by atoms with E-state index in [4.69, 9.17) is 9.26 Å². The summed E-state index contributed by atoms with van der Waals surface area (Å²) in [6.07, 6.45) is 2.01. The molecular formula is C18H22N2O3. The number of nitrogens with one attached hydrogen (secondary N) is 1. The van der Waals surface area contributed by atoms with Gasteiger partial charge in [-0.2, -0.15) is 0 Å². The third-order valence-corrected chi connectivity index (χ3v) is 4.34. The van der Waals surface area contributed by atoms with E-state index in [9.17, 15) is 4.79 Å². The Labute approximate surface area is 136 Å². The average Bonchev–Trinajstić information content (AvgIpc) is 2.88.